The number of carbonyl (C=O) groups excluding carboxylic acids is 1. The molecule has 0 atom stereocenters. The summed E-state index contributed by atoms with van der Waals surface area (Å²) >= 11 is 0. The fourth-order valence-electron chi connectivity index (χ4n) is 2.80. The molecule has 1 aromatic carbocycles. The van der Waals surface area contributed by atoms with Gasteiger partial charge in [-0.1, -0.05) is 0 Å². The molecule has 0 saturated carbocycles. The first-order valence-corrected chi connectivity index (χ1v) is 10.2. The minimum absolute atomic E-state index is 0.0969. The average Bonchev–Trinajstić information content (AvgIpc) is 3.07. The highest BCUT2D eigenvalue weighted by molar-refractivity contribution is 7.92. The standard InChI is InChI=1S/C16H23N3O6S/c1-26(21,22)19(13-2-3-14-15(10-13)25-12-24-14)11-16(20)17-4-5-18-6-8-23-9-7-18/h2-3,10H,4-9,11-12H2,1H3,(H,17,20). The van der Waals surface area contributed by atoms with Crippen molar-refractivity contribution in [3.05, 3.63) is 18.2 Å². The fraction of sp³-hybridized carbons (Fsp3) is 0.562. The number of benzene rings is 1. The van der Waals surface area contributed by atoms with Crippen LogP contribution in [0.1, 0.15) is 0 Å². The fourth-order valence-corrected chi connectivity index (χ4v) is 3.65. The van der Waals surface area contributed by atoms with Crippen LogP contribution in [0.4, 0.5) is 5.69 Å². The maximum Gasteiger partial charge on any atom is 0.240 e. The summed E-state index contributed by atoms with van der Waals surface area (Å²) in [5.74, 6) is 0.655. The van der Waals surface area contributed by atoms with Crippen molar-refractivity contribution in [2.24, 2.45) is 0 Å². The Labute approximate surface area is 152 Å². The Hall–Kier alpha value is -2.04. The summed E-state index contributed by atoms with van der Waals surface area (Å²) in [6.07, 6.45) is 1.07. The summed E-state index contributed by atoms with van der Waals surface area (Å²) < 4.78 is 41.1. The van der Waals surface area contributed by atoms with Gasteiger partial charge in [0.25, 0.3) is 0 Å². The lowest BCUT2D eigenvalue weighted by atomic mass is 10.3. The summed E-state index contributed by atoms with van der Waals surface area (Å²) in [6, 6.07) is 4.78. The summed E-state index contributed by atoms with van der Waals surface area (Å²) in [5.41, 5.74) is 0.361. The van der Waals surface area contributed by atoms with E-state index in [4.69, 9.17) is 14.2 Å². The van der Waals surface area contributed by atoms with Gasteiger partial charge in [0, 0.05) is 32.2 Å². The number of sulfonamides is 1. The van der Waals surface area contributed by atoms with Crippen molar-refractivity contribution in [3.8, 4) is 11.5 Å². The zero-order valence-corrected chi connectivity index (χ0v) is 15.5. The minimum atomic E-state index is -3.63. The number of rotatable bonds is 7. The number of amides is 1. The number of nitrogens with one attached hydrogen (secondary N) is 1. The molecule has 1 fully saturated rings. The van der Waals surface area contributed by atoms with Gasteiger partial charge >= 0.3 is 0 Å². The number of carbonyl (C=O) groups is 1. The van der Waals surface area contributed by atoms with Gasteiger partial charge in [0.2, 0.25) is 22.7 Å². The Morgan fingerprint density at radius 1 is 1.23 bits per heavy atom. The minimum Gasteiger partial charge on any atom is -0.454 e. The van der Waals surface area contributed by atoms with E-state index in [2.05, 4.69) is 10.2 Å². The van der Waals surface area contributed by atoms with Crippen LogP contribution < -0.4 is 19.1 Å². The molecule has 0 bridgehead atoms. The quantitative estimate of drug-likeness (QED) is 0.684. The summed E-state index contributed by atoms with van der Waals surface area (Å²) in [4.78, 5) is 14.4. The second-order valence-electron chi connectivity index (χ2n) is 6.11. The highest BCUT2D eigenvalue weighted by atomic mass is 32.2. The van der Waals surface area contributed by atoms with Crippen molar-refractivity contribution < 1.29 is 27.4 Å². The first kappa shape index (κ1) is 18.7. The highest BCUT2D eigenvalue weighted by Gasteiger charge is 2.23. The van der Waals surface area contributed by atoms with Gasteiger partial charge in [0.1, 0.15) is 6.54 Å². The molecule has 1 saturated heterocycles. The zero-order chi connectivity index (χ0) is 18.6. The van der Waals surface area contributed by atoms with Crippen LogP contribution in [-0.4, -0.2) is 78.2 Å². The van der Waals surface area contributed by atoms with Crippen molar-refractivity contribution in [2.45, 2.75) is 0 Å². The number of hydrogen-bond donors (Lipinski definition) is 1. The van der Waals surface area contributed by atoms with E-state index < -0.39 is 10.0 Å². The third-order valence-electron chi connectivity index (χ3n) is 4.19. The number of ether oxygens (including phenoxy) is 3. The van der Waals surface area contributed by atoms with Gasteiger partial charge in [-0.15, -0.1) is 0 Å². The number of anilines is 1. The van der Waals surface area contributed by atoms with E-state index in [1.807, 2.05) is 0 Å². The molecule has 144 valence electrons. The summed E-state index contributed by atoms with van der Waals surface area (Å²) in [7, 11) is -3.63. The highest BCUT2D eigenvalue weighted by Crippen LogP contribution is 2.35. The van der Waals surface area contributed by atoms with Gasteiger partial charge < -0.3 is 19.5 Å². The van der Waals surface area contributed by atoms with E-state index in [0.29, 0.717) is 43.5 Å². The molecule has 1 N–H and O–H groups in total. The number of morpholine rings is 1. The van der Waals surface area contributed by atoms with E-state index >= 15 is 0 Å². The SMILES string of the molecule is CS(=O)(=O)N(CC(=O)NCCN1CCOCC1)c1ccc2c(c1)OCO2. The molecular weight excluding hydrogens is 362 g/mol. The maximum absolute atomic E-state index is 12.2. The van der Waals surface area contributed by atoms with E-state index in [1.54, 1.807) is 18.2 Å². The number of fused-ring (bicyclic) bond motifs is 1. The molecule has 1 aromatic rings. The lowest BCUT2D eigenvalue weighted by Gasteiger charge is -2.27. The molecule has 0 radical (unpaired) electrons. The monoisotopic (exact) mass is 385 g/mol. The Morgan fingerprint density at radius 2 is 1.96 bits per heavy atom. The molecule has 2 aliphatic heterocycles. The first-order chi connectivity index (χ1) is 12.4. The van der Waals surface area contributed by atoms with Crippen LogP contribution in [-0.2, 0) is 19.6 Å². The predicted octanol–water partition coefficient (Wildman–Crippen LogP) is -0.370. The van der Waals surface area contributed by atoms with Crippen molar-refractivity contribution in [1.82, 2.24) is 10.2 Å². The molecule has 0 unspecified atom stereocenters. The molecule has 9 nitrogen and oxygen atoms in total. The molecule has 3 rings (SSSR count). The molecule has 26 heavy (non-hydrogen) atoms. The zero-order valence-electron chi connectivity index (χ0n) is 14.6. The van der Waals surface area contributed by atoms with Gasteiger partial charge in [-0.05, 0) is 12.1 Å². The molecule has 0 spiro atoms. The Morgan fingerprint density at radius 3 is 2.69 bits per heavy atom. The summed E-state index contributed by atoms with van der Waals surface area (Å²) in [6.45, 7) is 4.03. The topological polar surface area (TPSA) is 97.4 Å². The molecule has 2 heterocycles. The Balaban J connectivity index is 1.59. The second kappa shape index (κ2) is 8.11. The Kier molecular flexibility index (Phi) is 5.84. The average molecular weight is 385 g/mol. The van der Waals surface area contributed by atoms with Crippen LogP contribution >= 0.6 is 0 Å². The van der Waals surface area contributed by atoms with Crippen LogP contribution in [0.15, 0.2) is 18.2 Å². The van der Waals surface area contributed by atoms with E-state index in [-0.39, 0.29) is 19.2 Å². The van der Waals surface area contributed by atoms with Crippen LogP contribution in [0.2, 0.25) is 0 Å². The lowest BCUT2D eigenvalue weighted by Crippen LogP contribution is -2.44. The van der Waals surface area contributed by atoms with Gasteiger partial charge in [-0.25, -0.2) is 8.42 Å². The van der Waals surface area contributed by atoms with Gasteiger partial charge in [-0.2, -0.15) is 0 Å². The third kappa shape index (κ3) is 4.77. The van der Waals surface area contributed by atoms with Crippen LogP contribution in [0, 0.1) is 0 Å². The van der Waals surface area contributed by atoms with Crippen molar-refractivity contribution in [3.63, 3.8) is 0 Å². The molecule has 2 aliphatic rings. The van der Waals surface area contributed by atoms with Crippen LogP contribution in [0.5, 0.6) is 11.5 Å². The van der Waals surface area contributed by atoms with Crippen molar-refractivity contribution in [1.29, 1.82) is 0 Å². The van der Waals surface area contributed by atoms with Gasteiger partial charge in [-0.3, -0.25) is 14.0 Å². The normalized spacial score (nSPS) is 17.1. The third-order valence-corrected chi connectivity index (χ3v) is 5.33. The Bertz CT molecular complexity index is 748. The molecule has 1 amide bonds. The molecular formula is C16H23N3O6S. The van der Waals surface area contributed by atoms with Crippen LogP contribution in [0.25, 0.3) is 0 Å². The van der Waals surface area contributed by atoms with E-state index in [1.165, 1.54) is 0 Å². The molecule has 10 heteroatoms. The summed E-state index contributed by atoms with van der Waals surface area (Å²) in [5, 5.41) is 2.77. The first-order valence-electron chi connectivity index (χ1n) is 8.37. The number of hydrogen-bond acceptors (Lipinski definition) is 7. The van der Waals surface area contributed by atoms with Crippen molar-refractivity contribution in [2.75, 3.05) is 63.3 Å². The largest absolute Gasteiger partial charge is 0.454 e. The maximum atomic E-state index is 12.2. The van der Waals surface area contributed by atoms with E-state index in [9.17, 15) is 13.2 Å². The van der Waals surface area contributed by atoms with E-state index in [0.717, 1.165) is 23.7 Å². The molecule has 0 aromatic heterocycles. The second-order valence-corrected chi connectivity index (χ2v) is 8.02. The molecule has 0 aliphatic carbocycles. The van der Waals surface area contributed by atoms with Gasteiger partial charge in [0.15, 0.2) is 11.5 Å². The lowest BCUT2D eigenvalue weighted by molar-refractivity contribution is -0.119. The smallest absolute Gasteiger partial charge is 0.240 e. The van der Waals surface area contributed by atoms with Gasteiger partial charge in [0.05, 0.1) is 25.2 Å². The van der Waals surface area contributed by atoms with Crippen molar-refractivity contribution >= 4 is 21.6 Å². The number of nitrogens with zero attached hydrogens (tertiary/aromatic N) is 2. The predicted molar refractivity (Wildman–Crippen MR) is 95.0 cm³/mol. The van der Waals surface area contributed by atoms with Crippen LogP contribution in [0.3, 0.4) is 0 Å².